The molecule has 1 heterocycles. The van der Waals surface area contributed by atoms with Gasteiger partial charge in [-0.1, -0.05) is 32.0 Å². The molecule has 0 unspecified atom stereocenters. The molecule has 22 heavy (non-hydrogen) atoms. The van der Waals surface area contributed by atoms with Gasteiger partial charge in [-0.25, -0.2) is 0 Å². The molecule has 0 aliphatic heterocycles. The monoisotopic (exact) mass is 313 g/mol. The summed E-state index contributed by atoms with van der Waals surface area (Å²) in [5.41, 5.74) is 6.26. The predicted octanol–water partition coefficient (Wildman–Crippen LogP) is 6.17. The second-order valence-corrected chi connectivity index (χ2v) is 6.79. The Labute approximate surface area is 135 Å². The molecular formula is C19H20FNS. The molecule has 0 fully saturated rings. The van der Waals surface area contributed by atoms with Crippen LogP contribution in [0.25, 0.3) is 10.9 Å². The first-order valence-corrected chi connectivity index (χ1v) is 8.28. The van der Waals surface area contributed by atoms with Gasteiger partial charge in [-0.2, -0.15) is 3.89 Å². The van der Waals surface area contributed by atoms with Gasteiger partial charge in [0.05, 0.1) is 12.1 Å². The Balaban J connectivity index is 2.01. The number of fused-ring (bicyclic) bond motifs is 1. The smallest absolute Gasteiger partial charge is 0.0812 e. The van der Waals surface area contributed by atoms with Gasteiger partial charge in [-0.3, -0.25) is 0 Å². The minimum absolute atomic E-state index is 0.290. The van der Waals surface area contributed by atoms with Crippen LogP contribution in [0, 0.1) is 6.92 Å². The SMILES string of the molecule is Cc1cc(Cc2ccc(SF)cc2)c2cc(C(C)C)[nH]c2c1. The van der Waals surface area contributed by atoms with E-state index in [4.69, 9.17) is 0 Å². The van der Waals surface area contributed by atoms with E-state index in [-0.39, 0.29) is 0 Å². The number of hydrogen-bond donors (Lipinski definition) is 1. The molecule has 0 aliphatic rings. The second-order valence-electron chi connectivity index (χ2n) is 6.16. The molecule has 3 rings (SSSR count). The first kappa shape index (κ1) is 15.2. The van der Waals surface area contributed by atoms with Crippen LogP contribution in [0.3, 0.4) is 0 Å². The van der Waals surface area contributed by atoms with Crippen LogP contribution < -0.4 is 0 Å². The van der Waals surface area contributed by atoms with Crippen LogP contribution in [0.1, 0.15) is 42.1 Å². The van der Waals surface area contributed by atoms with Crippen molar-refractivity contribution in [1.29, 1.82) is 0 Å². The maximum absolute atomic E-state index is 12.5. The lowest BCUT2D eigenvalue weighted by Gasteiger charge is -2.06. The zero-order valence-corrected chi connectivity index (χ0v) is 13.9. The lowest BCUT2D eigenvalue weighted by Crippen LogP contribution is -1.90. The molecule has 0 atom stereocenters. The number of rotatable bonds is 4. The maximum atomic E-state index is 12.5. The van der Waals surface area contributed by atoms with Crippen LogP contribution in [-0.4, -0.2) is 4.98 Å². The Hall–Kier alpha value is -1.74. The van der Waals surface area contributed by atoms with Gasteiger partial charge < -0.3 is 4.98 Å². The highest BCUT2D eigenvalue weighted by Gasteiger charge is 2.10. The molecule has 114 valence electrons. The van der Waals surface area contributed by atoms with Gasteiger partial charge in [-0.15, -0.1) is 0 Å². The van der Waals surface area contributed by atoms with Gasteiger partial charge in [0.2, 0.25) is 0 Å². The van der Waals surface area contributed by atoms with Crippen LogP contribution in [0.4, 0.5) is 3.89 Å². The van der Waals surface area contributed by atoms with Gasteiger partial charge in [0, 0.05) is 21.5 Å². The first-order valence-electron chi connectivity index (χ1n) is 7.56. The number of benzene rings is 2. The summed E-state index contributed by atoms with van der Waals surface area (Å²) in [7, 11) is 0. The van der Waals surface area contributed by atoms with E-state index in [0.717, 1.165) is 6.42 Å². The Morgan fingerprint density at radius 3 is 2.45 bits per heavy atom. The number of H-pyrrole nitrogens is 1. The summed E-state index contributed by atoms with van der Waals surface area (Å²) < 4.78 is 12.5. The van der Waals surface area contributed by atoms with Gasteiger partial charge in [0.1, 0.15) is 0 Å². The van der Waals surface area contributed by atoms with Crippen LogP contribution in [0.5, 0.6) is 0 Å². The minimum atomic E-state index is 0.290. The van der Waals surface area contributed by atoms with E-state index in [1.165, 1.54) is 33.3 Å². The third-order valence-electron chi connectivity index (χ3n) is 4.02. The fourth-order valence-corrected chi connectivity index (χ4v) is 3.07. The molecule has 3 heteroatoms. The first-order chi connectivity index (χ1) is 10.6. The van der Waals surface area contributed by atoms with Crippen molar-refractivity contribution in [3.05, 3.63) is 64.8 Å². The third kappa shape index (κ3) is 3.05. The molecule has 2 aromatic carbocycles. The topological polar surface area (TPSA) is 15.8 Å². The lowest BCUT2D eigenvalue weighted by atomic mass is 9.99. The Morgan fingerprint density at radius 1 is 1.09 bits per heavy atom. The van der Waals surface area contributed by atoms with Crippen LogP contribution in [-0.2, 0) is 6.42 Å². The van der Waals surface area contributed by atoms with E-state index in [2.05, 4.69) is 44.0 Å². The summed E-state index contributed by atoms with van der Waals surface area (Å²) in [6.45, 7) is 6.52. The largest absolute Gasteiger partial charge is 0.358 e. The molecule has 1 nitrogen and oxygen atoms in total. The van der Waals surface area contributed by atoms with Crippen molar-refractivity contribution in [1.82, 2.24) is 4.98 Å². The molecule has 0 aliphatic carbocycles. The normalized spacial score (nSPS) is 11.5. The quantitative estimate of drug-likeness (QED) is 0.609. The highest BCUT2D eigenvalue weighted by molar-refractivity contribution is 7.94. The van der Waals surface area contributed by atoms with Crippen molar-refractivity contribution >= 4 is 23.1 Å². The van der Waals surface area contributed by atoms with Crippen molar-refractivity contribution < 1.29 is 3.89 Å². The molecule has 0 amide bonds. The molecule has 3 aromatic rings. The fraction of sp³-hybridized carbons (Fsp3) is 0.263. The molecule has 0 saturated heterocycles. The summed E-state index contributed by atoms with van der Waals surface area (Å²) in [4.78, 5) is 4.18. The van der Waals surface area contributed by atoms with Crippen LogP contribution >= 0.6 is 12.1 Å². The maximum Gasteiger partial charge on any atom is 0.0812 e. The number of nitrogens with one attached hydrogen (secondary N) is 1. The van der Waals surface area contributed by atoms with Gasteiger partial charge >= 0.3 is 0 Å². The van der Waals surface area contributed by atoms with E-state index < -0.39 is 0 Å². The van der Waals surface area contributed by atoms with E-state index in [1.807, 2.05) is 24.3 Å². The lowest BCUT2D eigenvalue weighted by molar-refractivity contribution is 0.836. The zero-order valence-electron chi connectivity index (χ0n) is 13.1. The number of aromatic nitrogens is 1. The van der Waals surface area contributed by atoms with Gasteiger partial charge in [0.25, 0.3) is 0 Å². The minimum Gasteiger partial charge on any atom is -0.358 e. The molecule has 0 bridgehead atoms. The van der Waals surface area contributed by atoms with Gasteiger partial charge in [-0.05, 0) is 60.2 Å². The average Bonchev–Trinajstić information content (AvgIpc) is 2.92. The molecule has 1 N–H and O–H groups in total. The molecular weight excluding hydrogens is 293 g/mol. The van der Waals surface area contributed by atoms with Crippen LogP contribution in [0.2, 0.25) is 0 Å². The number of aromatic amines is 1. The highest BCUT2D eigenvalue weighted by atomic mass is 32.2. The zero-order chi connectivity index (χ0) is 15.7. The van der Waals surface area contributed by atoms with Gasteiger partial charge in [0.15, 0.2) is 0 Å². The van der Waals surface area contributed by atoms with Crippen molar-refractivity contribution in [2.24, 2.45) is 0 Å². The Bertz CT molecular complexity index is 787. The number of halogens is 1. The number of aryl methyl sites for hydroxylation is 1. The second kappa shape index (κ2) is 6.17. The average molecular weight is 313 g/mol. The Kier molecular flexibility index (Phi) is 4.25. The van der Waals surface area contributed by atoms with E-state index in [1.54, 1.807) is 0 Å². The standard InChI is InChI=1S/C19H20FNS/c1-12(2)18-11-17-15(8-13(3)9-19(17)21-18)10-14-4-6-16(22-20)7-5-14/h4-9,11-12,21H,10H2,1-3H3. The number of hydrogen-bond acceptors (Lipinski definition) is 1. The highest BCUT2D eigenvalue weighted by Crippen LogP contribution is 2.28. The summed E-state index contributed by atoms with van der Waals surface area (Å²) in [5.74, 6) is 0.487. The van der Waals surface area contributed by atoms with E-state index in [9.17, 15) is 3.89 Å². The van der Waals surface area contributed by atoms with Crippen LogP contribution in [0.15, 0.2) is 47.4 Å². The van der Waals surface area contributed by atoms with Crippen molar-refractivity contribution in [3.8, 4) is 0 Å². The molecule has 1 aromatic heterocycles. The van der Waals surface area contributed by atoms with E-state index in [0.29, 0.717) is 23.0 Å². The summed E-state index contributed by atoms with van der Waals surface area (Å²) in [5, 5.41) is 1.29. The fourth-order valence-electron chi connectivity index (χ4n) is 2.83. The van der Waals surface area contributed by atoms with Crippen molar-refractivity contribution in [2.45, 2.75) is 38.0 Å². The van der Waals surface area contributed by atoms with E-state index >= 15 is 0 Å². The summed E-state index contributed by atoms with van der Waals surface area (Å²) in [6.07, 6.45) is 0.866. The third-order valence-corrected chi connectivity index (χ3v) is 4.47. The summed E-state index contributed by atoms with van der Waals surface area (Å²) in [6, 6.07) is 14.4. The van der Waals surface area contributed by atoms with Crippen molar-refractivity contribution in [2.75, 3.05) is 0 Å². The molecule has 0 radical (unpaired) electrons. The van der Waals surface area contributed by atoms with Crippen molar-refractivity contribution in [3.63, 3.8) is 0 Å². The Morgan fingerprint density at radius 2 is 1.82 bits per heavy atom. The molecule has 0 spiro atoms. The predicted molar refractivity (Wildman–Crippen MR) is 93.3 cm³/mol. The summed E-state index contributed by atoms with van der Waals surface area (Å²) >= 11 is 0.290. The molecule has 0 saturated carbocycles.